The van der Waals surface area contributed by atoms with E-state index in [-0.39, 0.29) is 5.56 Å². The van der Waals surface area contributed by atoms with Crippen molar-refractivity contribution in [1.82, 2.24) is 4.98 Å². The smallest absolute Gasteiger partial charge is 0.256 e. The van der Waals surface area contributed by atoms with Gasteiger partial charge in [-0.05, 0) is 30.4 Å². The summed E-state index contributed by atoms with van der Waals surface area (Å²) >= 11 is 0. The van der Waals surface area contributed by atoms with Crippen molar-refractivity contribution in [3.05, 3.63) is 46.4 Å². The molecule has 0 saturated heterocycles. The third-order valence-electron chi connectivity index (χ3n) is 2.54. The van der Waals surface area contributed by atoms with Crippen LogP contribution in [-0.2, 0) is 6.42 Å². The zero-order valence-corrected chi connectivity index (χ0v) is 8.86. The molecular formula is C13H12N2O. The number of aryl methyl sites for hydroxylation is 1. The molecule has 0 atom stereocenters. The first-order valence-electron chi connectivity index (χ1n) is 5.29. The fourth-order valence-corrected chi connectivity index (χ4v) is 1.76. The highest BCUT2D eigenvalue weighted by molar-refractivity contribution is 5.81. The molecule has 0 saturated carbocycles. The summed E-state index contributed by atoms with van der Waals surface area (Å²) in [6.07, 6.45) is 2.05. The van der Waals surface area contributed by atoms with E-state index in [1.54, 1.807) is 0 Å². The Kier molecular flexibility index (Phi) is 3.02. The van der Waals surface area contributed by atoms with E-state index in [2.05, 4.69) is 11.1 Å². The number of pyridine rings is 1. The topological polar surface area (TPSA) is 56.6 Å². The lowest BCUT2D eigenvalue weighted by Gasteiger charge is -2.02. The molecule has 80 valence electrons. The molecule has 0 aliphatic heterocycles. The van der Waals surface area contributed by atoms with Crippen LogP contribution in [0.15, 0.2) is 35.1 Å². The Morgan fingerprint density at radius 1 is 1.31 bits per heavy atom. The maximum atomic E-state index is 11.7. The zero-order valence-electron chi connectivity index (χ0n) is 8.86. The third kappa shape index (κ3) is 2.12. The van der Waals surface area contributed by atoms with Crippen LogP contribution in [0.2, 0.25) is 0 Å². The van der Waals surface area contributed by atoms with Crippen LogP contribution in [0, 0.1) is 11.3 Å². The Bertz CT molecular complexity index is 593. The van der Waals surface area contributed by atoms with E-state index < -0.39 is 0 Å². The lowest BCUT2D eigenvalue weighted by Crippen LogP contribution is -2.09. The number of aromatic amines is 1. The van der Waals surface area contributed by atoms with Gasteiger partial charge >= 0.3 is 0 Å². The molecule has 1 aromatic carbocycles. The molecule has 0 radical (unpaired) electrons. The van der Waals surface area contributed by atoms with Crippen LogP contribution in [0.5, 0.6) is 0 Å². The third-order valence-corrected chi connectivity index (χ3v) is 2.54. The minimum atomic E-state index is -0.0509. The molecule has 2 aromatic rings. The van der Waals surface area contributed by atoms with Crippen LogP contribution in [0.1, 0.15) is 18.5 Å². The van der Waals surface area contributed by atoms with Gasteiger partial charge in [0.25, 0.3) is 5.56 Å². The maximum absolute atomic E-state index is 11.7. The van der Waals surface area contributed by atoms with Crippen molar-refractivity contribution in [1.29, 1.82) is 5.26 Å². The van der Waals surface area contributed by atoms with Gasteiger partial charge < -0.3 is 4.98 Å². The van der Waals surface area contributed by atoms with Crippen molar-refractivity contribution < 1.29 is 0 Å². The van der Waals surface area contributed by atoms with Gasteiger partial charge in [-0.25, -0.2) is 0 Å². The molecular weight excluding hydrogens is 200 g/mol. The second-order valence-electron chi connectivity index (χ2n) is 3.72. The summed E-state index contributed by atoms with van der Waals surface area (Å²) in [5, 5.41) is 10.1. The van der Waals surface area contributed by atoms with E-state index in [4.69, 9.17) is 5.26 Å². The van der Waals surface area contributed by atoms with E-state index in [1.165, 1.54) is 0 Å². The Hall–Kier alpha value is -2.08. The number of hydrogen-bond donors (Lipinski definition) is 1. The van der Waals surface area contributed by atoms with Crippen molar-refractivity contribution in [2.24, 2.45) is 0 Å². The molecule has 3 nitrogen and oxygen atoms in total. The number of rotatable bonds is 3. The van der Waals surface area contributed by atoms with Crippen LogP contribution in [-0.4, -0.2) is 4.98 Å². The van der Waals surface area contributed by atoms with Crippen LogP contribution < -0.4 is 5.56 Å². The average Bonchev–Trinajstić information content (AvgIpc) is 2.30. The van der Waals surface area contributed by atoms with Crippen molar-refractivity contribution in [2.75, 3.05) is 0 Å². The van der Waals surface area contributed by atoms with Crippen LogP contribution in [0.25, 0.3) is 10.8 Å². The molecule has 0 bridgehead atoms. The van der Waals surface area contributed by atoms with Crippen molar-refractivity contribution in [2.45, 2.75) is 19.3 Å². The largest absolute Gasteiger partial charge is 0.326 e. The molecule has 0 spiro atoms. The number of benzene rings is 1. The van der Waals surface area contributed by atoms with E-state index in [1.807, 2.05) is 30.3 Å². The van der Waals surface area contributed by atoms with Gasteiger partial charge in [0.15, 0.2) is 0 Å². The lowest BCUT2D eigenvalue weighted by molar-refractivity contribution is 0.823. The van der Waals surface area contributed by atoms with E-state index in [9.17, 15) is 4.79 Å². The fourth-order valence-electron chi connectivity index (χ4n) is 1.76. The van der Waals surface area contributed by atoms with Gasteiger partial charge in [0.05, 0.1) is 6.07 Å². The van der Waals surface area contributed by atoms with Crippen molar-refractivity contribution >= 4 is 10.8 Å². The number of nitrogens with zero attached hydrogens (tertiary/aromatic N) is 1. The van der Waals surface area contributed by atoms with Gasteiger partial charge in [0, 0.05) is 17.5 Å². The maximum Gasteiger partial charge on any atom is 0.256 e. The van der Waals surface area contributed by atoms with Gasteiger partial charge in [-0.2, -0.15) is 5.26 Å². The Labute approximate surface area is 93.3 Å². The van der Waals surface area contributed by atoms with E-state index >= 15 is 0 Å². The number of aromatic nitrogens is 1. The minimum absolute atomic E-state index is 0.0509. The van der Waals surface area contributed by atoms with Gasteiger partial charge in [-0.15, -0.1) is 0 Å². The highest BCUT2D eigenvalue weighted by Gasteiger charge is 2.00. The summed E-state index contributed by atoms with van der Waals surface area (Å²) in [5.74, 6) is 0. The summed E-state index contributed by atoms with van der Waals surface area (Å²) in [6, 6.07) is 11.6. The molecule has 16 heavy (non-hydrogen) atoms. The molecule has 0 aliphatic carbocycles. The number of nitriles is 1. The Balaban J connectivity index is 2.35. The highest BCUT2D eigenvalue weighted by Crippen LogP contribution is 2.11. The molecule has 0 amide bonds. The first kappa shape index (κ1) is 10.4. The Morgan fingerprint density at radius 3 is 2.94 bits per heavy atom. The standard InChI is InChI=1S/C13H12N2O/c14-8-4-3-6-11-9-10-5-1-2-7-12(10)13(16)15-11/h1-2,5,7,9H,3-4,6H2,(H,15,16). The summed E-state index contributed by atoms with van der Waals surface area (Å²) in [6.45, 7) is 0. The highest BCUT2D eigenvalue weighted by atomic mass is 16.1. The summed E-state index contributed by atoms with van der Waals surface area (Å²) in [5.41, 5.74) is 0.851. The summed E-state index contributed by atoms with van der Waals surface area (Å²) in [7, 11) is 0. The van der Waals surface area contributed by atoms with Crippen molar-refractivity contribution in [3.8, 4) is 6.07 Å². The predicted octanol–water partition coefficient (Wildman–Crippen LogP) is 2.37. The first-order chi connectivity index (χ1) is 7.81. The Morgan fingerprint density at radius 2 is 2.12 bits per heavy atom. The number of hydrogen-bond acceptors (Lipinski definition) is 2. The molecule has 0 aliphatic rings. The monoisotopic (exact) mass is 212 g/mol. The predicted molar refractivity (Wildman–Crippen MR) is 63.1 cm³/mol. The summed E-state index contributed by atoms with van der Waals surface area (Å²) < 4.78 is 0. The van der Waals surface area contributed by atoms with Gasteiger partial charge in [-0.3, -0.25) is 4.79 Å². The number of fused-ring (bicyclic) bond motifs is 1. The van der Waals surface area contributed by atoms with E-state index in [0.717, 1.165) is 23.9 Å². The van der Waals surface area contributed by atoms with Crippen LogP contribution in [0.4, 0.5) is 0 Å². The number of H-pyrrole nitrogens is 1. The first-order valence-corrected chi connectivity index (χ1v) is 5.29. The number of nitrogens with one attached hydrogen (secondary N) is 1. The minimum Gasteiger partial charge on any atom is -0.326 e. The second-order valence-corrected chi connectivity index (χ2v) is 3.72. The SMILES string of the molecule is N#CCCCc1cc2ccccc2c(=O)[nH]1. The summed E-state index contributed by atoms with van der Waals surface area (Å²) in [4.78, 5) is 14.6. The fraction of sp³-hybridized carbons (Fsp3) is 0.231. The normalized spacial score (nSPS) is 10.2. The molecule has 1 heterocycles. The second kappa shape index (κ2) is 4.63. The molecule has 0 unspecified atom stereocenters. The average molecular weight is 212 g/mol. The quantitative estimate of drug-likeness (QED) is 0.794. The van der Waals surface area contributed by atoms with E-state index in [0.29, 0.717) is 11.8 Å². The van der Waals surface area contributed by atoms with Crippen molar-refractivity contribution in [3.63, 3.8) is 0 Å². The number of unbranched alkanes of at least 4 members (excludes halogenated alkanes) is 1. The molecule has 2 rings (SSSR count). The molecule has 3 heteroatoms. The van der Waals surface area contributed by atoms with Gasteiger partial charge in [0.1, 0.15) is 0 Å². The van der Waals surface area contributed by atoms with Crippen LogP contribution in [0.3, 0.4) is 0 Å². The lowest BCUT2D eigenvalue weighted by atomic mass is 10.1. The molecule has 1 aromatic heterocycles. The van der Waals surface area contributed by atoms with Gasteiger partial charge in [-0.1, -0.05) is 18.2 Å². The van der Waals surface area contributed by atoms with Gasteiger partial charge in [0.2, 0.25) is 0 Å². The molecule has 1 N–H and O–H groups in total. The zero-order chi connectivity index (χ0) is 11.4. The molecule has 0 fully saturated rings. The van der Waals surface area contributed by atoms with Crippen LogP contribution >= 0.6 is 0 Å².